The first-order valence-corrected chi connectivity index (χ1v) is 4.89. The Morgan fingerprint density at radius 1 is 1.35 bits per heavy atom. The molecule has 17 heavy (non-hydrogen) atoms. The normalized spacial score (nSPS) is 11.2. The molecule has 0 heterocycles. The summed E-state index contributed by atoms with van der Waals surface area (Å²) in [6.45, 7) is 5.40. The zero-order chi connectivity index (χ0) is 13.4. The summed E-state index contributed by atoms with van der Waals surface area (Å²) in [5.74, 6) is -2.20. The predicted molar refractivity (Wildman–Crippen MR) is 60.4 cm³/mol. The van der Waals surface area contributed by atoms with Crippen LogP contribution in [-0.4, -0.2) is 21.1 Å². The predicted octanol–water partition coefficient (Wildman–Crippen LogP) is 2.30. The maximum atomic E-state index is 10.9. The van der Waals surface area contributed by atoms with Crippen LogP contribution < -0.4 is 0 Å². The molecule has 1 aromatic rings. The molecule has 0 spiro atoms. The average molecular weight is 239 g/mol. The van der Waals surface area contributed by atoms with Gasteiger partial charge in [-0.15, -0.1) is 0 Å². The molecule has 6 heteroatoms. The fourth-order valence-electron chi connectivity index (χ4n) is 1.35. The van der Waals surface area contributed by atoms with Gasteiger partial charge in [0.05, 0.1) is 4.92 Å². The Labute approximate surface area is 97.7 Å². The standard InChI is InChI=1S/C11H13NO5/c1-11(2,3)6-4-7(10(14)15)9(13)8(5-6)12(16)17/h4-5,13H,1-3H3,(H,14,15). The zero-order valence-corrected chi connectivity index (χ0v) is 9.72. The molecular formula is C11H13NO5. The molecule has 0 fully saturated rings. The van der Waals surface area contributed by atoms with Crippen molar-refractivity contribution < 1.29 is 19.9 Å². The van der Waals surface area contributed by atoms with Crippen LogP contribution in [-0.2, 0) is 5.41 Å². The number of carboxylic acid groups (broad SMARTS) is 1. The monoisotopic (exact) mass is 239 g/mol. The van der Waals surface area contributed by atoms with Gasteiger partial charge in [0, 0.05) is 6.07 Å². The van der Waals surface area contributed by atoms with Gasteiger partial charge in [-0.25, -0.2) is 4.79 Å². The first-order valence-electron chi connectivity index (χ1n) is 4.89. The molecule has 0 atom stereocenters. The van der Waals surface area contributed by atoms with Gasteiger partial charge in [-0.3, -0.25) is 10.1 Å². The SMILES string of the molecule is CC(C)(C)c1cc(C(=O)O)c(O)c([N+](=O)[O-])c1. The van der Waals surface area contributed by atoms with E-state index in [2.05, 4.69) is 0 Å². The molecule has 0 aromatic heterocycles. The highest BCUT2D eigenvalue weighted by Gasteiger charge is 2.26. The lowest BCUT2D eigenvalue weighted by atomic mass is 9.85. The van der Waals surface area contributed by atoms with Gasteiger partial charge >= 0.3 is 11.7 Å². The average Bonchev–Trinajstić information content (AvgIpc) is 2.14. The second-order valence-electron chi connectivity index (χ2n) is 4.70. The van der Waals surface area contributed by atoms with Crippen LogP contribution in [0.25, 0.3) is 0 Å². The van der Waals surface area contributed by atoms with E-state index in [4.69, 9.17) is 5.11 Å². The smallest absolute Gasteiger partial charge is 0.339 e. The molecule has 1 rings (SSSR count). The van der Waals surface area contributed by atoms with Crippen molar-refractivity contribution in [3.8, 4) is 5.75 Å². The van der Waals surface area contributed by atoms with Crippen molar-refractivity contribution in [2.75, 3.05) is 0 Å². The molecule has 0 radical (unpaired) electrons. The van der Waals surface area contributed by atoms with Gasteiger partial charge in [-0.05, 0) is 17.0 Å². The Morgan fingerprint density at radius 3 is 2.24 bits per heavy atom. The first-order chi connectivity index (χ1) is 7.64. The van der Waals surface area contributed by atoms with Gasteiger partial charge in [-0.2, -0.15) is 0 Å². The molecule has 6 nitrogen and oxygen atoms in total. The van der Waals surface area contributed by atoms with Gasteiger partial charge in [0.25, 0.3) is 0 Å². The van der Waals surface area contributed by atoms with Crippen molar-refractivity contribution in [3.63, 3.8) is 0 Å². The third-order valence-electron chi connectivity index (χ3n) is 2.38. The van der Waals surface area contributed by atoms with Gasteiger partial charge < -0.3 is 10.2 Å². The summed E-state index contributed by atoms with van der Waals surface area (Å²) < 4.78 is 0. The lowest BCUT2D eigenvalue weighted by Crippen LogP contribution is -2.13. The Balaban J connectivity index is 3.59. The van der Waals surface area contributed by atoms with Gasteiger partial charge in [-0.1, -0.05) is 20.8 Å². The Kier molecular flexibility index (Phi) is 3.08. The molecule has 0 saturated carbocycles. The number of phenols is 1. The summed E-state index contributed by atoms with van der Waals surface area (Å²) in [6, 6.07) is 2.45. The second kappa shape index (κ2) is 4.04. The third kappa shape index (κ3) is 2.52. The van der Waals surface area contributed by atoms with Crippen molar-refractivity contribution in [3.05, 3.63) is 33.4 Å². The van der Waals surface area contributed by atoms with Crippen LogP contribution in [0.5, 0.6) is 5.75 Å². The molecule has 1 aromatic carbocycles. The molecule has 92 valence electrons. The Bertz CT molecular complexity index is 452. The minimum Gasteiger partial charge on any atom is -0.501 e. The number of rotatable bonds is 2. The number of carbonyl (C=O) groups is 1. The summed E-state index contributed by atoms with van der Waals surface area (Å²) in [6.07, 6.45) is 0. The zero-order valence-electron chi connectivity index (χ0n) is 9.72. The van der Waals surface area contributed by atoms with Crippen LogP contribution >= 0.6 is 0 Å². The molecule has 0 amide bonds. The van der Waals surface area contributed by atoms with Crippen LogP contribution in [0, 0.1) is 10.1 Å². The number of nitro groups is 1. The quantitative estimate of drug-likeness (QED) is 0.609. The molecule has 0 aliphatic heterocycles. The van der Waals surface area contributed by atoms with E-state index in [0.29, 0.717) is 5.56 Å². The van der Waals surface area contributed by atoms with E-state index in [0.717, 1.165) is 0 Å². The van der Waals surface area contributed by atoms with Gasteiger partial charge in [0.2, 0.25) is 5.75 Å². The van der Waals surface area contributed by atoms with Gasteiger partial charge in [0.15, 0.2) is 0 Å². The fraction of sp³-hybridized carbons (Fsp3) is 0.364. The van der Waals surface area contributed by atoms with E-state index in [1.165, 1.54) is 12.1 Å². The number of hydrogen-bond acceptors (Lipinski definition) is 4. The highest BCUT2D eigenvalue weighted by atomic mass is 16.6. The summed E-state index contributed by atoms with van der Waals surface area (Å²) in [5, 5.41) is 29.1. The van der Waals surface area contributed by atoms with Crippen molar-refractivity contribution in [1.82, 2.24) is 0 Å². The third-order valence-corrected chi connectivity index (χ3v) is 2.38. The molecule has 2 N–H and O–H groups in total. The lowest BCUT2D eigenvalue weighted by Gasteiger charge is -2.19. The van der Waals surface area contributed by atoms with Crippen molar-refractivity contribution in [1.29, 1.82) is 0 Å². The van der Waals surface area contributed by atoms with Crippen molar-refractivity contribution >= 4 is 11.7 Å². The number of nitro benzene ring substituents is 1. The maximum absolute atomic E-state index is 10.9. The van der Waals surface area contributed by atoms with Crippen LogP contribution in [0.15, 0.2) is 12.1 Å². The number of aromatic hydroxyl groups is 1. The molecule has 0 unspecified atom stereocenters. The summed E-state index contributed by atoms with van der Waals surface area (Å²) >= 11 is 0. The number of aromatic carboxylic acids is 1. The van der Waals surface area contributed by atoms with E-state index in [1.807, 2.05) is 0 Å². The second-order valence-corrected chi connectivity index (χ2v) is 4.70. The van der Waals surface area contributed by atoms with Gasteiger partial charge in [0.1, 0.15) is 5.56 Å². The van der Waals surface area contributed by atoms with Crippen molar-refractivity contribution in [2.24, 2.45) is 0 Å². The van der Waals surface area contributed by atoms with E-state index in [9.17, 15) is 20.0 Å². The number of carboxylic acids is 1. The minimum absolute atomic E-state index is 0.442. The molecular weight excluding hydrogens is 226 g/mol. The highest BCUT2D eigenvalue weighted by molar-refractivity contribution is 5.92. The van der Waals surface area contributed by atoms with Crippen molar-refractivity contribution in [2.45, 2.75) is 26.2 Å². The molecule has 0 aliphatic rings. The first kappa shape index (κ1) is 13.0. The largest absolute Gasteiger partial charge is 0.501 e. The van der Waals surface area contributed by atoms with E-state index >= 15 is 0 Å². The van der Waals surface area contributed by atoms with Crippen LogP contribution in [0.2, 0.25) is 0 Å². The van der Waals surface area contributed by atoms with E-state index in [1.54, 1.807) is 20.8 Å². The molecule has 0 aliphatic carbocycles. The van der Waals surface area contributed by atoms with Crippen LogP contribution in [0.1, 0.15) is 36.7 Å². The van der Waals surface area contributed by atoms with E-state index < -0.39 is 33.3 Å². The number of benzene rings is 1. The van der Waals surface area contributed by atoms with E-state index in [-0.39, 0.29) is 0 Å². The maximum Gasteiger partial charge on any atom is 0.339 e. The highest BCUT2D eigenvalue weighted by Crippen LogP contribution is 2.35. The number of hydrogen-bond donors (Lipinski definition) is 2. The van der Waals surface area contributed by atoms with Crippen LogP contribution in [0.3, 0.4) is 0 Å². The number of nitrogens with zero attached hydrogens (tertiary/aromatic N) is 1. The molecule has 0 saturated heterocycles. The lowest BCUT2D eigenvalue weighted by molar-refractivity contribution is -0.386. The summed E-state index contributed by atoms with van der Waals surface area (Å²) in [4.78, 5) is 20.8. The fourth-order valence-corrected chi connectivity index (χ4v) is 1.35. The Hall–Kier alpha value is -2.11. The molecule has 0 bridgehead atoms. The summed E-state index contributed by atoms with van der Waals surface area (Å²) in [7, 11) is 0. The topological polar surface area (TPSA) is 101 Å². The Morgan fingerprint density at radius 2 is 1.88 bits per heavy atom. The minimum atomic E-state index is -1.39. The summed E-state index contributed by atoms with van der Waals surface area (Å²) in [5.41, 5.74) is -0.999. The van der Waals surface area contributed by atoms with Crippen LogP contribution in [0.4, 0.5) is 5.69 Å².